The van der Waals surface area contributed by atoms with Crippen LogP contribution in [0.1, 0.15) is 39.9 Å². The number of halogens is 2. The highest BCUT2D eigenvalue weighted by molar-refractivity contribution is 5.92. The van der Waals surface area contributed by atoms with Crippen LogP contribution in [0.2, 0.25) is 0 Å². The van der Waals surface area contributed by atoms with E-state index in [2.05, 4.69) is 20.1 Å². The van der Waals surface area contributed by atoms with E-state index in [0.29, 0.717) is 35.8 Å². The Labute approximate surface area is 237 Å². The highest BCUT2D eigenvalue weighted by Crippen LogP contribution is 2.29. The van der Waals surface area contributed by atoms with Crippen LogP contribution < -0.4 is 4.74 Å². The standard InChI is InChI=1S/C29H25F2N5O6/c1-39-14-25-34-28(42-35-25)15-41-27-4-2-3-22(33-27)19-12-20(30)17(9-21(19)31)11-26-32-23-6-5-16(29(37)38)10-24(23)36(26)13-18-7-8-40-18/h2-6,9-10,12,18H,7-8,11,13-15H2,1H3,(H,37,38)/t18-/m0/s1. The fraction of sp³-hybridized carbons (Fsp3) is 0.276. The molecular weight excluding hydrogens is 552 g/mol. The molecule has 0 radical (unpaired) electrons. The van der Waals surface area contributed by atoms with Gasteiger partial charge in [0.25, 0.3) is 5.89 Å². The van der Waals surface area contributed by atoms with E-state index in [1.165, 1.54) is 19.2 Å². The molecule has 1 saturated heterocycles. The molecule has 0 bridgehead atoms. The summed E-state index contributed by atoms with van der Waals surface area (Å²) in [6, 6.07) is 11.6. The van der Waals surface area contributed by atoms with E-state index in [-0.39, 0.29) is 59.9 Å². The number of carboxylic acids is 1. The summed E-state index contributed by atoms with van der Waals surface area (Å²) in [5, 5.41) is 13.2. The molecule has 2 aromatic carbocycles. The first kappa shape index (κ1) is 27.4. The lowest BCUT2D eigenvalue weighted by atomic mass is 10.0. The highest BCUT2D eigenvalue weighted by Gasteiger charge is 2.24. The zero-order chi connectivity index (χ0) is 29.2. The number of hydrogen-bond donors (Lipinski definition) is 1. The Morgan fingerprint density at radius 2 is 1.95 bits per heavy atom. The number of imidazole rings is 1. The number of benzene rings is 2. The molecule has 0 spiro atoms. The van der Waals surface area contributed by atoms with Crippen LogP contribution >= 0.6 is 0 Å². The second-order valence-corrected chi connectivity index (χ2v) is 9.72. The van der Waals surface area contributed by atoms with E-state index in [9.17, 15) is 9.90 Å². The van der Waals surface area contributed by atoms with Crippen LogP contribution in [0.4, 0.5) is 8.78 Å². The van der Waals surface area contributed by atoms with Gasteiger partial charge in [0.1, 0.15) is 24.1 Å². The van der Waals surface area contributed by atoms with Crippen molar-refractivity contribution >= 4 is 17.0 Å². The average Bonchev–Trinajstić information content (AvgIpc) is 3.55. The monoisotopic (exact) mass is 577 g/mol. The lowest BCUT2D eigenvalue weighted by molar-refractivity contribution is -0.0589. The van der Waals surface area contributed by atoms with Crippen LogP contribution in [0, 0.1) is 11.6 Å². The Morgan fingerprint density at radius 3 is 2.71 bits per heavy atom. The van der Waals surface area contributed by atoms with E-state index < -0.39 is 17.6 Å². The van der Waals surface area contributed by atoms with Gasteiger partial charge in [-0.2, -0.15) is 4.98 Å². The van der Waals surface area contributed by atoms with Crippen molar-refractivity contribution < 1.29 is 37.4 Å². The molecule has 3 aromatic heterocycles. The Bertz CT molecular complexity index is 1770. The molecule has 11 nitrogen and oxygen atoms in total. The lowest BCUT2D eigenvalue weighted by Crippen LogP contribution is -2.31. The number of rotatable bonds is 11. The molecule has 6 rings (SSSR count). The maximum atomic E-state index is 15.4. The largest absolute Gasteiger partial charge is 0.478 e. The van der Waals surface area contributed by atoms with Crippen LogP contribution in [0.5, 0.6) is 5.88 Å². The van der Waals surface area contributed by atoms with Gasteiger partial charge in [-0.1, -0.05) is 11.2 Å². The van der Waals surface area contributed by atoms with Crippen molar-refractivity contribution in [1.29, 1.82) is 0 Å². The minimum Gasteiger partial charge on any atom is -0.478 e. The molecule has 42 heavy (non-hydrogen) atoms. The third kappa shape index (κ3) is 5.69. The van der Waals surface area contributed by atoms with Gasteiger partial charge in [-0.3, -0.25) is 0 Å². The summed E-state index contributed by atoms with van der Waals surface area (Å²) in [5.41, 5.74) is 1.49. The van der Waals surface area contributed by atoms with E-state index >= 15 is 8.78 Å². The van der Waals surface area contributed by atoms with E-state index in [4.69, 9.17) is 18.7 Å². The van der Waals surface area contributed by atoms with Crippen molar-refractivity contribution in [3.8, 4) is 17.1 Å². The van der Waals surface area contributed by atoms with Gasteiger partial charge in [0.2, 0.25) is 5.88 Å². The van der Waals surface area contributed by atoms with Gasteiger partial charge in [-0.25, -0.2) is 23.5 Å². The summed E-state index contributed by atoms with van der Waals surface area (Å²) in [7, 11) is 1.51. The summed E-state index contributed by atoms with van der Waals surface area (Å²) in [4.78, 5) is 24.6. The molecule has 13 heteroatoms. The van der Waals surface area contributed by atoms with Gasteiger partial charge in [0, 0.05) is 31.8 Å². The first-order chi connectivity index (χ1) is 20.4. The summed E-state index contributed by atoms with van der Waals surface area (Å²) in [6.07, 6.45) is 0.763. The minimum absolute atomic E-state index is 0.0152. The molecule has 0 saturated carbocycles. The highest BCUT2D eigenvalue weighted by atomic mass is 19.1. The molecule has 1 fully saturated rings. The third-order valence-electron chi connectivity index (χ3n) is 6.87. The maximum absolute atomic E-state index is 15.4. The van der Waals surface area contributed by atoms with Crippen LogP contribution in [0.25, 0.3) is 22.3 Å². The maximum Gasteiger partial charge on any atom is 0.335 e. The normalized spacial score (nSPS) is 14.7. The number of fused-ring (bicyclic) bond motifs is 1. The lowest BCUT2D eigenvalue weighted by Gasteiger charge is -2.27. The number of nitrogens with zero attached hydrogens (tertiary/aromatic N) is 5. The van der Waals surface area contributed by atoms with Crippen LogP contribution in [0.3, 0.4) is 0 Å². The number of carboxylic acid groups (broad SMARTS) is 1. The Kier molecular flexibility index (Phi) is 7.59. The van der Waals surface area contributed by atoms with Gasteiger partial charge in [0.15, 0.2) is 12.4 Å². The van der Waals surface area contributed by atoms with Gasteiger partial charge < -0.3 is 28.4 Å². The summed E-state index contributed by atoms with van der Waals surface area (Å²) in [6.45, 7) is 1.19. The van der Waals surface area contributed by atoms with Crippen molar-refractivity contribution in [2.75, 3.05) is 13.7 Å². The van der Waals surface area contributed by atoms with Crippen LogP contribution in [-0.2, 0) is 35.7 Å². The van der Waals surface area contributed by atoms with Crippen molar-refractivity contribution in [2.45, 2.75) is 38.7 Å². The second kappa shape index (κ2) is 11.6. The zero-order valence-electron chi connectivity index (χ0n) is 22.4. The SMILES string of the molecule is COCc1noc(COc2cccc(-c3cc(F)c(Cc4nc5ccc(C(=O)O)cc5n4C[C@@H]4CCO4)cc3F)n2)n1. The molecule has 1 aliphatic rings. The number of aromatic carboxylic acids is 1. The molecule has 0 aliphatic carbocycles. The number of pyridine rings is 1. The smallest absolute Gasteiger partial charge is 0.335 e. The average molecular weight is 578 g/mol. The number of hydrogen-bond acceptors (Lipinski definition) is 9. The first-order valence-corrected chi connectivity index (χ1v) is 13.1. The Balaban J connectivity index is 1.25. The van der Waals surface area contributed by atoms with Crippen molar-refractivity contribution in [1.82, 2.24) is 24.7 Å². The Morgan fingerprint density at radius 1 is 1.10 bits per heavy atom. The molecule has 5 aromatic rings. The molecule has 1 N–H and O–H groups in total. The molecule has 1 aliphatic heterocycles. The first-order valence-electron chi connectivity index (χ1n) is 13.1. The molecule has 1 atom stereocenters. The number of ether oxygens (including phenoxy) is 3. The summed E-state index contributed by atoms with van der Waals surface area (Å²) < 4.78 is 53.9. The number of carbonyl (C=O) groups is 1. The van der Waals surface area contributed by atoms with E-state index in [1.807, 2.05) is 4.57 Å². The molecule has 216 valence electrons. The fourth-order valence-corrected chi connectivity index (χ4v) is 4.68. The van der Waals surface area contributed by atoms with E-state index in [0.717, 1.165) is 18.6 Å². The predicted octanol–water partition coefficient (Wildman–Crippen LogP) is 4.56. The fourth-order valence-electron chi connectivity index (χ4n) is 4.68. The van der Waals surface area contributed by atoms with Crippen molar-refractivity contribution in [2.24, 2.45) is 0 Å². The van der Waals surface area contributed by atoms with E-state index in [1.54, 1.807) is 24.3 Å². The summed E-state index contributed by atoms with van der Waals surface area (Å²) >= 11 is 0. The Hall–Kier alpha value is -4.75. The molecular formula is C29H25F2N5O6. The topological polar surface area (TPSA) is 135 Å². The number of aromatic nitrogens is 5. The zero-order valence-corrected chi connectivity index (χ0v) is 22.4. The molecule has 0 unspecified atom stereocenters. The minimum atomic E-state index is -1.07. The number of methoxy groups -OCH3 is 1. The van der Waals surface area contributed by atoms with Crippen LogP contribution in [-0.4, -0.2) is 55.6 Å². The van der Waals surface area contributed by atoms with Gasteiger partial charge in [-0.15, -0.1) is 0 Å². The molecule has 4 heterocycles. The molecule has 0 amide bonds. The summed E-state index contributed by atoms with van der Waals surface area (Å²) in [5.74, 6) is -1.16. The van der Waals surface area contributed by atoms with Gasteiger partial charge in [-0.05, 0) is 48.4 Å². The second-order valence-electron chi connectivity index (χ2n) is 9.72. The van der Waals surface area contributed by atoms with Crippen molar-refractivity contribution in [3.63, 3.8) is 0 Å². The van der Waals surface area contributed by atoms with Crippen molar-refractivity contribution in [3.05, 3.63) is 88.8 Å². The quantitative estimate of drug-likeness (QED) is 0.238. The predicted molar refractivity (Wildman–Crippen MR) is 143 cm³/mol. The van der Waals surface area contributed by atoms with Gasteiger partial charge in [0.05, 0.1) is 34.9 Å². The van der Waals surface area contributed by atoms with Crippen LogP contribution in [0.15, 0.2) is 53.1 Å². The third-order valence-corrected chi connectivity index (χ3v) is 6.87. The van der Waals surface area contributed by atoms with Gasteiger partial charge >= 0.3 is 5.97 Å².